The van der Waals surface area contributed by atoms with Crippen molar-refractivity contribution in [3.63, 3.8) is 0 Å². The molecule has 32 heavy (non-hydrogen) atoms. The molecule has 2 aliphatic heterocycles. The lowest BCUT2D eigenvalue weighted by Crippen LogP contribution is -2.45. The number of methoxy groups -OCH3 is 2. The average molecular weight is 443 g/mol. The second-order valence-electron chi connectivity index (χ2n) is 8.99. The van der Waals surface area contributed by atoms with Crippen molar-refractivity contribution in [2.24, 2.45) is 5.41 Å². The molecule has 0 bridgehead atoms. The summed E-state index contributed by atoms with van der Waals surface area (Å²) in [7, 11) is 3.22. The first-order valence-corrected chi connectivity index (χ1v) is 10.7. The fourth-order valence-corrected chi connectivity index (χ4v) is 4.92. The predicted molar refractivity (Wildman–Crippen MR) is 118 cm³/mol. The first-order chi connectivity index (χ1) is 15.3. The van der Waals surface area contributed by atoms with Crippen LogP contribution in [0.4, 0.5) is 0 Å². The third-order valence-corrected chi connectivity index (χ3v) is 6.32. The number of aromatic carboxylic acids is 1. The number of aromatic nitrogens is 1. The van der Waals surface area contributed by atoms with E-state index < -0.39 is 11.4 Å². The number of nitrogens with zero attached hydrogens (tertiary/aromatic N) is 1. The molecule has 2 aliphatic rings. The predicted octanol–water partition coefficient (Wildman–Crippen LogP) is 3.33. The Morgan fingerprint density at radius 3 is 2.69 bits per heavy atom. The third kappa shape index (κ3) is 3.78. The van der Waals surface area contributed by atoms with Crippen LogP contribution in [0, 0.1) is 5.41 Å². The molecule has 0 spiro atoms. The summed E-state index contributed by atoms with van der Waals surface area (Å²) in [5, 5.41) is 9.54. The molecule has 1 saturated heterocycles. The summed E-state index contributed by atoms with van der Waals surface area (Å²) < 4.78 is 24.6. The number of hydrogen-bond donors (Lipinski definition) is 1. The third-order valence-electron chi connectivity index (χ3n) is 6.32. The highest BCUT2D eigenvalue weighted by Crippen LogP contribution is 2.54. The molecule has 0 aliphatic carbocycles. The van der Waals surface area contributed by atoms with Crippen molar-refractivity contribution in [1.29, 1.82) is 0 Å². The van der Waals surface area contributed by atoms with Gasteiger partial charge in [0.25, 0.3) is 0 Å². The molecule has 4 rings (SSSR count). The zero-order valence-electron chi connectivity index (χ0n) is 18.8. The van der Waals surface area contributed by atoms with E-state index in [1.807, 2.05) is 16.7 Å². The van der Waals surface area contributed by atoms with E-state index in [-0.39, 0.29) is 22.9 Å². The Bertz CT molecular complexity index is 1090. The number of ether oxygens (including phenoxy) is 4. The Kier molecular flexibility index (Phi) is 6.01. The molecule has 0 radical (unpaired) electrons. The van der Waals surface area contributed by atoms with E-state index in [2.05, 4.69) is 13.8 Å². The molecule has 1 aromatic heterocycles. The van der Waals surface area contributed by atoms with Gasteiger partial charge < -0.3 is 28.6 Å². The van der Waals surface area contributed by atoms with Crippen molar-refractivity contribution in [2.45, 2.75) is 32.2 Å². The van der Waals surface area contributed by atoms with Crippen LogP contribution in [-0.4, -0.2) is 56.3 Å². The molecule has 8 heteroatoms. The van der Waals surface area contributed by atoms with Crippen LogP contribution in [0.1, 0.15) is 48.1 Å². The molecule has 172 valence electrons. The lowest BCUT2D eigenvalue weighted by Gasteiger charge is -2.49. The van der Waals surface area contributed by atoms with Gasteiger partial charge in [-0.2, -0.15) is 0 Å². The number of pyridine rings is 1. The van der Waals surface area contributed by atoms with Gasteiger partial charge in [-0.25, -0.2) is 4.79 Å². The van der Waals surface area contributed by atoms with Crippen molar-refractivity contribution in [3.05, 3.63) is 45.7 Å². The quantitative estimate of drug-likeness (QED) is 0.656. The van der Waals surface area contributed by atoms with Gasteiger partial charge in [-0.3, -0.25) is 4.79 Å². The molecule has 2 unspecified atom stereocenters. The summed E-state index contributed by atoms with van der Waals surface area (Å²) in [6.07, 6.45) is 2.23. The number of rotatable bonds is 7. The van der Waals surface area contributed by atoms with Crippen LogP contribution in [0.25, 0.3) is 11.3 Å². The molecule has 3 heterocycles. The number of carbonyl (C=O) groups is 1. The number of carboxylic acids is 1. The SMILES string of the molecule is COCCCOc1cc2c(cc1OC)-c1cc(=O)c(C(=O)O)cn1C1C2COCC1(C)C. The Morgan fingerprint density at radius 2 is 2.00 bits per heavy atom. The van der Waals surface area contributed by atoms with E-state index in [1.165, 1.54) is 12.3 Å². The van der Waals surface area contributed by atoms with Crippen molar-refractivity contribution in [3.8, 4) is 22.8 Å². The minimum Gasteiger partial charge on any atom is -0.493 e. The van der Waals surface area contributed by atoms with E-state index in [0.717, 1.165) is 17.5 Å². The minimum atomic E-state index is -1.23. The number of carboxylic acid groups (broad SMARTS) is 1. The summed E-state index contributed by atoms with van der Waals surface area (Å²) in [6.45, 7) is 6.31. The van der Waals surface area contributed by atoms with Gasteiger partial charge in [-0.05, 0) is 17.7 Å². The normalized spacial score (nSPS) is 20.6. The lowest BCUT2D eigenvalue weighted by molar-refractivity contribution is -0.0430. The van der Waals surface area contributed by atoms with Crippen LogP contribution in [-0.2, 0) is 9.47 Å². The maximum atomic E-state index is 12.6. The van der Waals surface area contributed by atoms with Crippen molar-refractivity contribution in [1.82, 2.24) is 4.57 Å². The first-order valence-electron chi connectivity index (χ1n) is 10.7. The Morgan fingerprint density at radius 1 is 1.22 bits per heavy atom. The van der Waals surface area contributed by atoms with Gasteiger partial charge in [-0.1, -0.05) is 13.8 Å². The number of hydrogen-bond acceptors (Lipinski definition) is 6. The highest BCUT2D eigenvalue weighted by Gasteiger charge is 2.46. The van der Waals surface area contributed by atoms with E-state index in [1.54, 1.807) is 14.2 Å². The van der Waals surface area contributed by atoms with Crippen molar-refractivity contribution >= 4 is 5.97 Å². The molecule has 0 amide bonds. The highest BCUT2D eigenvalue weighted by atomic mass is 16.5. The Balaban J connectivity index is 1.90. The van der Waals surface area contributed by atoms with Crippen molar-refractivity contribution < 1.29 is 28.8 Å². The van der Waals surface area contributed by atoms with Gasteiger partial charge in [0, 0.05) is 49.3 Å². The maximum Gasteiger partial charge on any atom is 0.341 e. The summed E-state index contributed by atoms with van der Waals surface area (Å²) >= 11 is 0. The fourth-order valence-electron chi connectivity index (χ4n) is 4.92. The summed E-state index contributed by atoms with van der Waals surface area (Å²) in [6, 6.07) is 5.18. The zero-order chi connectivity index (χ0) is 23.0. The van der Waals surface area contributed by atoms with Gasteiger partial charge in [0.1, 0.15) is 5.56 Å². The molecule has 1 fully saturated rings. The number of benzene rings is 1. The molecule has 2 atom stereocenters. The smallest absolute Gasteiger partial charge is 0.341 e. The molecule has 8 nitrogen and oxygen atoms in total. The summed E-state index contributed by atoms with van der Waals surface area (Å²) in [4.78, 5) is 24.3. The van der Waals surface area contributed by atoms with Gasteiger partial charge in [-0.15, -0.1) is 0 Å². The lowest BCUT2D eigenvalue weighted by atomic mass is 9.70. The van der Waals surface area contributed by atoms with Crippen molar-refractivity contribution in [2.75, 3.05) is 40.6 Å². The monoisotopic (exact) mass is 443 g/mol. The molecule has 1 aromatic carbocycles. The summed E-state index contributed by atoms with van der Waals surface area (Å²) in [5.41, 5.74) is 1.48. The molecular formula is C24H29NO7. The highest BCUT2D eigenvalue weighted by molar-refractivity contribution is 5.88. The van der Waals surface area contributed by atoms with E-state index >= 15 is 0 Å². The summed E-state index contributed by atoms with van der Waals surface area (Å²) in [5.74, 6) is -0.0770. The van der Waals surface area contributed by atoms with Gasteiger partial charge in [0.15, 0.2) is 16.9 Å². The molecule has 2 aromatic rings. The topological polar surface area (TPSA) is 96.2 Å². The van der Waals surface area contributed by atoms with Crippen LogP contribution >= 0.6 is 0 Å². The fraction of sp³-hybridized carbons (Fsp3) is 0.500. The maximum absolute atomic E-state index is 12.6. The van der Waals surface area contributed by atoms with E-state index in [9.17, 15) is 14.7 Å². The van der Waals surface area contributed by atoms with Gasteiger partial charge in [0.05, 0.1) is 38.7 Å². The Hall–Kier alpha value is -2.84. The van der Waals surface area contributed by atoms with E-state index in [0.29, 0.717) is 43.6 Å². The van der Waals surface area contributed by atoms with Crippen LogP contribution < -0.4 is 14.9 Å². The zero-order valence-corrected chi connectivity index (χ0v) is 18.8. The van der Waals surface area contributed by atoms with E-state index in [4.69, 9.17) is 18.9 Å². The molecule has 1 N–H and O–H groups in total. The number of fused-ring (bicyclic) bond motifs is 6. The second-order valence-corrected chi connectivity index (χ2v) is 8.99. The van der Waals surface area contributed by atoms with Crippen LogP contribution in [0.15, 0.2) is 29.2 Å². The second kappa shape index (κ2) is 8.60. The van der Waals surface area contributed by atoms with Crippen LogP contribution in [0.5, 0.6) is 11.5 Å². The van der Waals surface area contributed by atoms with Gasteiger partial charge >= 0.3 is 5.97 Å². The molecular weight excluding hydrogens is 414 g/mol. The first kappa shape index (κ1) is 22.4. The average Bonchev–Trinajstić information content (AvgIpc) is 2.75. The molecule has 0 saturated carbocycles. The van der Waals surface area contributed by atoms with Gasteiger partial charge in [0.2, 0.25) is 0 Å². The largest absolute Gasteiger partial charge is 0.493 e. The standard InChI is InChI=1S/C24H29NO7/c1-24(2)13-31-12-17-14-8-21(32-7-5-6-29-3)20(30-4)9-15(14)18-10-19(26)16(23(27)28)11-25(18)22(17)24/h8-11,17,22H,5-7,12-13H2,1-4H3,(H,27,28). The van der Waals surface area contributed by atoms with Crippen LogP contribution in [0.3, 0.4) is 0 Å². The van der Waals surface area contributed by atoms with Crippen LogP contribution in [0.2, 0.25) is 0 Å². The Labute approximate surface area is 186 Å². The minimum absolute atomic E-state index is 0.0300.